The van der Waals surface area contributed by atoms with Gasteiger partial charge >= 0.3 is 0 Å². The lowest BCUT2D eigenvalue weighted by molar-refractivity contribution is 0.913. The van der Waals surface area contributed by atoms with Crippen molar-refractivity contribution in [1.82, 2.24) is 24.9 Å². The lowest BCUT2D eigenvalue weighted by atomic mass is 10.2. The lowest BCUT2D eigenvalue weighted by Gasteiger charge is -2.09. The summed E-state index contributed by atoms with van der Waals surface area (Å²) in [6.45, 7) is 1.83. The molecule has 0 saturated heterocycles. The fourth-order valence-electron chi connectivity index (χ4n) is 2.04. The summed E-state index contributed by atoms with van der Waals surface area (Å²) in [4.78, 5) is 13.3. The number of nitrogens with two attached hydrogens (primary N) is 1. The van der Waals surface area contributed by atoms with Crippen LogP contribution < -0.4 is 16.5 Å². The first kappa shape index (κ1) is 15.3. The Kier molecular flexibility index (Phi) is 4.20. The van der Waals surface area contributed by atoms with Crippen molar-refractivity contribution < 1.29 is 0 Å². The minimum atomic E-state index is 0.113. The molecule has 4 N–H and O–H groups in total. The van der Waals surface area contributed by atoms with Crippen molar-refractivity contribution in [2.24, 2.45) is 17.9 Å². The number of thiocarbonyl (C=S) groups is 1. The summed E-state index contributed by atoms with van der Waals surface area (Å²) in [5.74, 6) is 0.589. The van der Waals surface area contributed by atoms with Crippen molar-refractivity contribution in [3.8, 4) is 11.4 Å². The third kappa shape index (κ3) is 3.81. The molecule has 0 amide bonds. The number of nitrogens with zero attached hydrogens (tertiary/aromatic N) is 5. The first-order valence-electron chi connectivity index (χ1n) is 7.25. The second kappa shape index (κ2) is 6.29. The van der Waals surface area contributed by atoms with Crippen LogP contribution in [0.4, 0.5) is 5.95 Å². The van der Waals surface area contributed by atoms with E-state index in [1.54, 1.807) is 12.5 Å². The molecule has 3 rings (SSSR count). The summed E-state index contributed by atoms with van der Waals surface area (Å²) >= 11 is 4.77. The number of anilines is 1. The van der Waals surface area contributed by atoms with Crippen LogP contribution in [0.5, 0.6) is 0 Å². The van der Waals surface area contributed by atoms with Crippen molar-refractivity contribution in [1.29, 1.82) is 0 Å². The summed E-state index contributed by atoms with van der Waals surface area (Å²) in [5, 5.41) is 7.57. The molecule has 1 aliphatic rings. The van der Waals surface area contributed by atoms with E-state index in [4.69, 9.17) is 18.0 Å². The van der Waals surface area contributed by atoms with E-state index in [1.165, 1.54) is 0 Å². The molecule has 23 heavy (non-hydrogen) atoms. The van der Waals surface area contributed by atoms with Gasteiger partial charge < -0.3 is 15.6 Å². The molecule has 2 heterocycles. The number of aromatic nitrogens is 4. The zero-order valence-corrected chi connectivity index (χ0v) is 13.8. The van der Waals surface area contributed by atoms with Crippen LogP contribution in [0.2, 0.25) is 0 Å². The molecule has 0 atom stereocenters. The van der Waals surface area contributed by atoms with E-state index in [-0.39, 0.29) is 5.11 Å². The minimum Gasteiger partial charge on any atom is -0.375 e. The SMILES string of the molecule is CC(=NNC(N)=S)c1cc(-c2cncn2C)nc(NC2CC2)n1. The maximum absolute atomic E-state index is 5.41. The molecule has 2 aromatic rings. The summed E-state index contributed by atoms with van der Waals surface area (Å²) in [5.41, 5.74) is 11.0. The zero-order chi connectivity index (χ0) is 16.4. The standard InChI is InChI=1S/C14H18N8S/c1-8(20-21-13(15)23)10-5-11(12-6-16-7-22(12)2)19-14(18-10)17-9-3-4-9/h5-7,9H,3-4H2,1-2H3,(H3,15,21,23)(H,17,18,19). The summed E-state index contributed by atoms with van der Waals surface area (Å²) in [7, 11) is 1.92. The van der Waals surface area contributed by atoms with E-state index in [0.717, 1.165) is 24.2 Å². The van der Waals surface area contributed by atoms with Gasteiger partial charge in [0.05, 0.1) is 35.3 Å². The van der Waals surface area contributed by atoms with Gasteiger partial charge in [-0.05, 0) is 38.0 Å². The molecule has 2 aromatic heterocycles. The Morgan fingerprint density at radius 1 is 1.43 bits per heavy atom. The number of hydrogen-bond acceptors (Lipinski definition) is 6. The van der Waals surface area contributed by atoms with Crippen LogP contribution >= 0.6 is 12.2 Å². The molecule has 0 spiro atoms. The molecule has 0 radical (unpaired) electrons. The Hall–Kier alpha value is -2.55. The fourth-order valence-corrected chi connectivity index (χ4v) is 2.08. The third-order valence-corrected chi connectivity index (χ3v) is 3.51. The van der Waals surface area contributed by atoms with Gasteiger partial charge in [0.2, 0.25) is 5.95 Å². The first-order valence-corrected chi connectivity index (χ1v) is 7.66. The maximum Gasteiger partial charge on any atom is 0.224 e. The van der Waals surface area contributed by atoms with Gasteiger partial charge in [-0.2, -0.15) is 5.10 Å². The second-order valence-electron chi connectivity index (χ2n) is 5.44. The van der Waals surface area contributed by atoms with E-state index in [2.05, 4.69) is 30.8 Å². The van der Waals surface area contributed by atoms with E-state index in [1.807, 2.05) is 24.6 Å². The van der Waals surface area contributed by atoms with Gasteiger partial charge in [0.1, 0.15) is 0 Å². The number of rotatable bonds is 5. The van der Waals surface area contributed by atoms with Crippen LogP contribution in [-0.4, -0.2) is 36.4 Å². The fraction of sp³-hybridized carbons (Fsp3) is 0.357. The molecule has 0 aromatic carbocycles. The van der Waals surface area contributed by atoms with Gasteiger partial charge in [-0.1, -0.05) is 0 Å². The molecule has 9 heteroatoms. The number of imidazole rings is 1. The highest BCUT2D eigenvalue weighted by Crippen LogP contribution is 2.25. The van der Waals surface area contributed by atoms with E-state index < -0.39 is 0 Å². The van der Waals surface area contributed by atoms with Gasteiger partial charge in [-0.3, -0.25) is 5.43 Å². The molecule has 0 unspecified atom stereocenters. The normalized spacial score (nSPS) is 14.6. The van der Waals surface area contributed by atoms with Crippen LogP contribution in [0.25, 0.3) is 11.4 Å². The predicted molar refractivity (Wildman–Crippen MR) is 93.0 cm³/mol. The molecular formula is C14H18N8S. The maximum atomic E-state index is 5.41. The molecular weight excluding hydrogens is 312 g/mol. The topological polar surface area (TPSA) is 106 Å². The highest BCUT2D eigenvalue weighted by atomic mass is 32.1. The highest BCUT2D eigenvalue weighted by Gasteiger charge is 2.23. The molecule has 1 fully saturated rings. The smallest absolute Gasteiger partial charge is 0.224 e. The Morgan fingerprint density at radius 3 is 2.83 bits per heavy atom. The quantitative estimate of drug-likeness (QED) is 0.427. The van der Waals surface area contributed by atoms with Gasteiger partial charge in [-0.25, -0.2) is 15.0 Å². The van der Waals surface area contributed by atoms with Crippen molar-refractivity contribution >= 4 is 29.0 Å². The largest absolute Gasteiger partial charge is 0.375 e. The number of nitrogens with one attached hydrogen (secondary N) is 2. The summed E-state index contributed by atoms with van der Waals surface area (Å²) < 4.78 is 1.91. The van der Waals surface area contributed by atoms with Crippen molar-refractivity contribution in [2.45, 2.75) is 25.8 Å². The minimum absolute atomic E-state index is 0.113. The molecule has 120 valence electrons. The van der Waals surface area contributed by atoms with Gasteiger partial charge in [0.15, 0.2) is 5.11 Å². The van der Waals surface area contributed by atoms with Gasteiger partial charge in [0.25, 0.3) is 0 Å². The zero-order valence-electron chi connectivity index (χ0n) is 12.9. The predicted octanol–water partition coefficient (Wildman–Crippen LogP) is 1.01. The van der Waals surface area contributed by atoms with Crippen LogP contribution in [0.15, 0.2) is 23.7 Å². The molecule has 0 aliphatic heterocycles. The number of hydrazone groups is 1. The molecule has 1 aliphatic carbocycles. The Bertz CT molecular complexity index is 762. The van der Waals surface area contributed by atoms with E-state index in [0.29, 0.717) is 23.4 Å². The Morgan fingerprint density at radius 2 is 2.22 bits per heavy atom. The second-order valence-corrected chi connectivity index (χ2v) is 5.88. The average Bonchev–Trinajstić information content (AvgIpc) is 3.22. The summed E-state index contributed by atoms with van der Waals surface area (Å²) in [6.07, 6.45) is 5.79. The first-order chi connectivity index (χ1) is 11.0. The van der Waals surface area contributed by atoms with E-state index >= 15 is 0 Å². The average molecular weight is 330 g/mol. The Labute approximate surface area is 139 Å². The van der Waals surface area contributed by atoms with E-state index in [9.17, 15) is 0 Å². The molecule has 1 saturated carbocycles. The van der Waals surface area contributed by atoms with Gasteiger partial charge in [-0.15, -0.1) is 0 Å². The van der Waals surface area contributed by atoms with Gasteiger partial charge in [0, 0.05) is 13.1 Å². The molecule has 8 nitrogen and oxygen atoms in total. The van der Waals surface area contributed by atoms with Crippen LogP contribution in [0, 0.1) is 0 Å². The van der Waals surface area contributed by atoms with Crippen molar-refractivity contribution in [2.75, 3.05) is 5.32 Å². The molecule has 0 bridgehead atoms. The van der Waals surface area contributed by atoms with Crippen molar-refractivity contribution in [3.63, 3.8) is 0 Å². The number of hydrogen-bond donors (Lipinski definition) is 3. The number of aryl methyl sites for hydroxylation is 1. The summed E-state index contributed by atoms with van der Waals surface area (Å²) in [6, 6.07) is 2.33. The van der Waals surface area contributed by atoms with Crippen LogP contribution in [-0.2, 0) is 7.05 Å². The Balaban J connectivity index is 1.99. The van der Waals surface area contributed by atoms with Crippen LogP contribution in [0.1, 0.15) is 25.5 Å². The monoisotopic (exact) mass is 330 g/mol. The van der Waals surface area contributed by atoms with Crippen molar-refractivity contribution in [3.05, 3.63) is 24.3 Å². The highest BCUT2D eigenvalue weighted by molar-refractivity contribution is 7.80. The third-order valence-electron chi connectivity index (χ3n) is 3.42. The lowest BCUT2D eigenvalue weighted by Crippen LogP contribution is -2.25. The van der Waals surface area contributed by atoms with Crippen LogP contribution in [0.3, 0.4) is 0 Å².